The van der Waals surface area contributed by atoms with E-state index >= 15 is 0 Å². The Labute approximate surface area is 326 Å². The Morgan fingerprint density at radius 2 is 1.02 bits per heavy atom. The highest BCUT2D eigenvalue weighted by molar-refractivity contribution is 6.06. The summed E-state index contributed by atoms with van der Waals surface area (Å²) in [5.41, 5.74) is 2.95. The number of imide groups is 1. The van der Waals surface area contributed by atoms with E-state index in [1.165, 1.54) is 0 Å². The zero-order chi connectivity index (χ0) is 38.9. The Kier molecular flexibility index (Phi) is 12.5. The maximum absolute atomic E-state index is 13.0. The second kappa shape index (κ2) is 18.1. The Balaban J connectivity index is 0.753. The molecular weight excluding hydrogens is 718 g/mol. The van der Waals surface area contributed by atoms with E-state index in [4.69, 9.17) is 23.8 Å². The molecule has 3 fully saturated rings. The fraction of sp³-hybridized carbons (Fsp3) is 0.419. The lowest BCUT2D eigenvalue weighted by atomic mass is 9.75. The lowest BCUT2D eigenvalue weighted by Crippen LogP contribution is -2.57. The number of rotatable bonds is 17. The van der Waals surface area contributed by atoms with Crippen molar-refractivity contribution in [3.05, 3.63) is 120 Å². The fourth-order valence-corrected chi connectivity index (χ4v) is 8.51. The molecule has 2 saturated heterocycles. The third-order valence-corrected chi connectivity index (χ3v) is 11.1. The van der Waals surface area contributed by atoms with Gasteiger partial charge in [0.15, 0.2) is 0 Å². The Morgan fingerprint density at radius 3 is 1.52 bits per heavy atom. The van der Waals surface area contributed by atoms with E-state index in [1.54, 1.807) is 4.90 Å². The van der Waals surface area contributed by atoms with E-state index in [1.807, 2.05) is 30.4 Å². The first kappa shape index (κ1) is 38.9. The van der Waals surface area contributed by atoms with Gasteiger partial charge in [-0.2, -0.15) is 0 Å². The number of benzene rings is 3. The molecule has 2 heterocycles. The first-order valence-corrected chi connectivity index (χ1v) is 19.3. The van der Waals surface area contributed by atoms with Crippen LogP contribution >= 0.6 is 0 Å². The van der Waals surface area contributed by atoms with E-state index < -0.39 is 41.1 Å². The highest BCUT2D eigenvalue weighted by Gasteiger charge is 2.61. The molecule has 7 rings (SSSR count). The van der Waals surface area contributed by atoms with Gasteiger partial charge in [-0.3, -0.25) is 19.3 Å². The third kappa shape index (κ3) is 8.25. The van der Waals surface area contributed by atoms with Crippen LogP contribution in [0.5, 0.6) is 0 Å². The van der Waals surface area contributed by atoms with Gasteiger partial charge in [-0.1, -0.05) is 103 Å². The molecule has 0 aromatic heterocycles. The van der Waals surface area contributed by atoms with Crippen LogP contribution in [0.4, 0.5) is 4.79 Å². The van der Waals surface area contributed by atoms with Crippen LogP contribution in [-0.2, 0) is 48.5 Å². The summed E-state index contributed by atoms with van der Waals surface area (Å²) in [6.07, 6.45) is 3.71. The molecule has 0 N–H and O–H groups in total. The van der Waals surface area contributed by atoms with Crippen LogP contribution in [0.25, 0.3) is 0 Å². The minimum absolute atomic E-state index is 0.00604. The zero-order valence-corrected chi connectivity index (χ0v) is 31.2. The molecule has 4 atom stereocenters. The van der Waals surface area contributed by atoms with Crippen LogP contribution < -0.4 is 0 Å². The van der Waals surface area contributed by atoms with Crippen LogP contribution in [0.15, 0.2) is 103 Å². The van der Waals surface area contributed by atoms with Gasteiger partial charge in [0.1, 0.15) is 13.2 Å². The standard InChI is InChI=1S/C43H47N3O10/c47-36(18-19-37(48)56-46-40(49)38-31-16-17-32(30-31)39(38)41(46)50)54-28-26-52-24-25-53-27-29-55-42(51)44-20-22-45(23-21-44)43(33-10-4-1-5-11-33,34-12-6-2-7-13-34)35-14-8-3-9-15-35/h1-17,31-32,38-39H,18-30H2/t31-,32?,38-,39+/m0/s1. The fourth-order valence-electron chi connectivity index (χ4n) is 8.51. The summed E-state index contributed by atoms with van der Waals surface area (Å²) in [5, 5.41) is 0.575. The molecule has 4 aliphatic rings. The summed E-state index contributed by atoms with van der Waals surface area (Å²) < 4.78 is 21.6. The molecule has 1 unspecified atom stereocenters. The van der Waals surface area contributed by atoms with E-state index in [0.717, 1.165) is 23.1 Å². The summed E-state index contributed by atoms with van der Waals surface area (Å²) in [5.74, 6) is -3.39. The molecule has 0 radical (unpaired) electrons. The molecule has 2 aliphatic heterocycles. The molecule has 3 aromatic rings. The Hall–Kier alpha value is -5.37. The number of hydroxylamine groups is 2. The van der Waals surface area contributed by atoms with Gasteiger partial charge in [-0.15, -0.1) is 5.06 Å². The van der Waals surface area contributed by atoms with Gasteiger partial charge < -0.3 is 28.7 Å². The predicted octanol–water partition coefficient (Wildman–Crippen LogP) is 4.35. The van der Waals surface area contributed by atoms with Gasteiger partial charge in [-0.25, -0.2) is 9.59 Å². The highest BCUT2D eigenvalue weighted by atomic mass is 16.7. The van der Waals surface area contributed by atoms with E-state index in [9.17, 15) is 24.0 Å². The molecule has 3 amide bonds. The molecular formula is C43H47N3O10. The van der Waals surface area contributed by atoms with Crippen molar-refractivity contribution in [2.75, 3.05) is 65.8 Å². The molecule has 56 heavy (non-hydrogen) atoms. The summed E-state index contributed by atoms with van der Waals surface area (Å²) in [4.78, 5) is 71.8. The van der Waals surface area contributed by atoms with Crippen molar-refractivity contribution in [2.24, 2.45) is 23.7 Å². The van der Waals surface area contributed by atoms with Gasteiger partial charge in [-0.05, 0) is 34.9 Å². The van der Waals surface area contributed by atoms with Gasteiger partial charge in [0.25, 0.3) is 11.8 Å². The molecule has 2 bridgehead atoms. The molecule has 2 aliphatic carbocycles. The predicted molar refractivity (Wildman–Crippen MR) is 201 cm³/mol. The second-order valence-electron chi connectivity index (χ2n) is 14.3. The number of nitrogens with zero attached hydrogens (tertiary/aromatic N) is 3. The van der Waals surface area contributed by atoms with Crippen LogP contribution in [-0.4, -0.2) is 111 Å². The lowest BCUT2D eigenvalue weighted by molar-refractivity contribution is -0.199. The number of amides is 3. The lowest BCUT2D eigenvalue weighted by Gasteiger charge is -2.48. The second-order valence-corrected chi connectivity index (χ2v) is 14.3. The number of carbonyl (C=O) groups excluding carboxylic acids is 5. The number of fused-ring (bicyclic) bond motifs is 5. The van der Waals surface area contributed by atoms with Crippen molar-refractivity contribution in [3.63, 3.8) is 0 Å². The normalized spacial score (nSPS) is 21.6. The van der Waals surface area contributed by atoms with Gasteiger partial charge in [0, 0.05) is 26.2 Å². The maximum Gasteiger partial charge on any atom is 0.409 e. The highest BCUT2D eigenvalue weighted by Crippen LogP contribution is 2.52. The minimum atomic E-state index is -0.849. The van der Waals surface area contributed by atoms with Gasteiger partial charge >= 0.3 is 18.0 Å². The van der Waals surface area contributed by atoms with E-state index in [-0.39, 0.29) is 70.4 Å². The molecule has 3 aromatic carbocycles. The molecule has 1 saturated carbocycles. The third-order valence-electron chi connectivity index (χ3n) is 11.1. The average Bonchev–Trinajstić information content (AvgIpc) is 3.93. The van der Waals surface area contributed by atoms with Crippen LogP contribution in [0.1, 0.15) is 36.0 Å². The van der Waals surface area contributed by atoms with E-state index in [2.05, 4.69) is 77.7 Å². The summed E-state index contributed by atoms with van der Waals surface area (Å²) in [6, 6.07) is 31.5. The number of allylic oxidation sites excluding steroid dienone is 2. The quantitative estimate of drug-likeness (QED) is 0.0637. The van der Waals surface area contributed by atoms with Crippen LogP contribution in [0, 0.1) is 23.7 Å². The van der Waals surface area contributed by atoms with Crippen LogP contribution in [0.3, 0.4) is 0 Å². The molecule has 13 heteroatoms. The number of hydrogen-bond acceptors (Lipinski definition) is 11. The van der Waals surface area contributed by atoms with Crippen molar-refractivity contribution in [1.82, 2.24) is 14.9 Å². The first-order chi connectivity index (χ1) is 27.4. The zero-order valence-electron chi connectivity index (χ0n) is 31.2. The van der Waals surface area contributed by atoms with Crippen molar-refractivity contribution in [2.45, 2.75) is 24.8 Å². The largest absolute Gasteiger partial charge is 0.463 e. The Morgan fingerprint density at radius 1 is 0.571 bits per heavy atom. The maximum atomic E-state index is 13.0. The molecule has 13 nitrogen and oxygen atoms in total. The van der Waals surface area contributed by atoms with Crippen molar-refractivity contribution in [3.8, 4) is 0 Å². The number of ether oxygens (including phenoxy) is 4. The minimum Gasteiger partial charge on any atom is -0.463 e. The van der Waals surface area contributed by atoms with Gasteiger partial charge in [0.2, 0.25) is 0 Å². The SMILES string of the molecule is O=C(CCC(=O)ON1C(=O)[C@@H]2[C@H](C1=O)C1C=C[C@H]2C1)OCCOCCOCCOC(=O)N1CCN(C(c2ccccc2)(c2ccccc2)c2ccccc2)CC1. The number of esters is 1. The molecule has 294 valence electrons. The number of carbonyl (C=O) groups is 5. The van der Waals surface area contributed by atoms with Crippen molar-refractivity contribution < 1.29 is 47.8 Å². The summed E-state index contributed by atoms with van der Waals surface area (Å²) >= 11 is 0. The smallest absolute Gasteiger partial charge is 0.409 e. The number of piperazine rings is 1. The number of hydrogen-bond donors (Lipinski definition) is 0. The summed E-state index contributed by atoms with van der Waals surface area (Å²) in [6.45, 7) is 3.20. The molecule has 0 spiro atoms. The van der Waals surface area contributed by atoms with Gasteiger partial charge in [0.05, 0.1) is 56.6 Å². The average molecular weight is 766 g/mol. The van der Waals surface area contributed by atoms with E-state index in [0.29, 0.717) is 31.2 Å². The van der Waals surface area contributed by atoms with Crippen LogP contribution in [0.2, 0.25) is 0 Å². The topological polar surface area (TPSA) is 141 Å². The monoisotopic (exact) mass is 765 g/mol. The summed E-state index contributed by atoms with van der Waals surface area (Å²) in [7, 11) is 0. The van der Waals surface area contributed by atoms with Crippen molar-refractivity contribution in [1.29, 1.82) is 0 Å². The Bertz CT molecular complexity index is 1740. The first-order valence-electron chi connectivity index (χ1n) is 19.3. The van der Waals surface area contributed by atoms with Crippen molar-refractivity contribution >= 4 is 29.8 Å².